The lowest BCUT2D eigenvalue weighted by atomic mass is 9.94. The number of carbonyl (C=O) groups excluding carboxylic acids is 2. The molecule has 4 aromatic rings. The van der Waals surface area contributed by atoms with Crippen molar-refractivity contribution in [3.8, 4) is 0 Å². The first-order valence-corrected chi connectivity index (χ1v) is 10.9. The SMILES string of the molecule is O=C1NC(=S)N(c2ccc(Cl)cc2Cl)C(=O)/C1=C/c1c2ccccc2cc2ccccc12. The zero-order valence-electron chi connectivity index (χ0n) is 16.4. The summed E-state index contributed by atoms with van der Waals surface area (Å²) in [6, 6.07) is 22.5. The third-order valence-corrected chi connectivity index (χ3v) is 6.18. The van der Waals surface area contributed by atoms with Gasteiger partial charge in [-0.25, -0.2) is 0 Å². The van der Waals surface area contributed by atoms with Gasteiger partial charge >= 0.3 is 0 Å². The van der Waals surface area contributed by atoms with E-state index in [1.54, 1.807) is 18.2 Å². The zero-order valence-corrected chi connectivity index (χ0v) is 18.8. The van der Waals surface area contributed by atoms with Crippen molar-refractivity contribution in [2.24, 2.45) is 0 Å². The second-order valence-corrected chi connectivity index (χ2v) is 8.52. The van der Waals surface area contributed by atoms with Crippen LogP contribution in [0.25, 0.3) is 27.6 Å². The maximum atomic E-state index is 13.5. The molecule has 4 nitrogen and oxygen atoms in total. The quantitative estimate of drug-likeness (QED) is 0.164. The molecule has 1 heterocycles. The Labute approximate surface area is 199 Å². The summed E-state index contributed by atoms with van der Waals surface area (Å²) >= 11 is 17.6. The van der Waals surface area contributed by atoms with Gasteiger partial charge in [-0.15, -0.1) is 0 Å². The molecule has 1 aliphatic rings. The van der Waals surface area contributed by atoms with Gasteiger partial charge in [0, 0.05) is 5.02 Å². The summed E-state index contributed by atoms with van der Waals surface area (Å²) in [6.45, 7) is 0. The van der Waals surface area contributed by atoms with Gasteiger partial charge in [0.05, 0.1) is 10.7 Å². The Morgan fingerprint density at radius 1 is 0.844 bits per heavy atom. The molecule has 4 aromatic carbocycles. The van der Waals surface area contributed by atoms with Crippen LogP contribution in [0.15, 0.2) is 78.4 Å². The minimum Gasteiger partial charge on any atom is -0.298 e. The second kappa shape index (κ2) is 8.02. The Morgan fingerprint density at radius 2 is 1.47 bits per heavy atom. The highest BCUT2D eigenvalue weighted by Crippen LogP contribution is 2.34. The number of anilines is 1. The van der Waals surface area contributed by atoms with E-state index in [0.717, 1.165) is 27.1 Å². The van der Waals surface area contributed by atoms with E-state index in [0.29, 0.717) is 10.7 Å². The van der Waals surface area contributed by atoms with E-state index in [1.807, 2.05) is 48.5 Å². The summed E-state index contributed by atoms with van der Waals surface area (Å²) in [5.74, 6) is -1.11. The molecule has 0 aromatic heterocycles. The van der Waals surface area contributed by atoms with Crippen LogP contribution >= 0.6 is 35.4 Å². The first kappa shape index (κ1) is 20.6. The van der Waals surface area contributed by atoms with E-state index in [1.165, 1.54) is 11.0 Å². The average Bonchev–Trinajstić information content (AvgIpc) is 2.77. The van der Waals surface area contributed by atoms with Crippen molar-refractivity contribution in [2.75, 3.05) is 4.90 Å². The van der Waals surface area contributed by atoms with Crippen LogP contribution in [0.1, 0.15) is 5.56 Å². The fraction of sp³-hybridized carbons (Fsp3) is 0. The molecule has 1 aliphatic heterocycles. The van der Waals surface area contributed by atoms with Crippen molar-refractivity contribution >= 4 is 85.7 Å². The van der Waals surface area contributed by atoms with E-state index in [-0.39, 0.29) is 15.7 Å². The molecule has 1 fully saturated rings. The van der Waals surface area contributed by atoms with Gasteiger partial charge in [0.25, 0.3) is 11.8 Å². The van der Waals surface area contributed by atoms with Gasteiger partial charge in [0.1, 0.15) is 5.57 Å². The van der Waals surface area contributed by atoms with Gasteiger partial charge in [-0.3, -0.25) is 19.8 Å². The largest absolute Gasteiger partial charge is 0.298 e. The highest BCUT2D eigenvalue weighted by Gasteiger charge is 2.35. The minimum atomic E-state index is -0.557. The van der Waals surface area contributed by atoms with Gasteiger partial charge in [0.2, 0.25) is 0 Å². The summed E-state index contributed by atoms with van der Waals surface area (Å²) in [4.78, 5) is 27.5. The molecular weight excluding hydrogens is 463 g/mol. The van der Waals surface area contributed by atoms with Crippen LogP contribution in [0, 0.1) is 0 Å². The predicted octanol–water partition coefficient (Wildman–Crippen LogP) is 6.13. The maximum Gasteiger partial charge on any atom is 0.270 e. The molecule has 0 radical (unpaired) electrons. The Balaban J connectivity index is 1.72. The zero-order chi connectivity index (χ0) is 22.4. The molecular formula is C25H14Cl2N2O2S. The number of thiocarbonyl (C=S) groups is 1. The fourth-order valence-electron chi connectivity index (χ4n) is 3.89. The van der Waals surface area contributed by atoms with Crippen LogP contribution in [-0.4, -0.2) is 16.9 Å². The summed E-state index contributed by atoms with van der Waals surface area (Å²) in [5.41, 5.74) is 1.10. The number of nitrogens with zero attached hydrogens (tertiary/aromatic N) is 1. The number of halogens is 2. The summed E-state index contributed by atoms with van der Waals surface area (Å²) in [7, 11) is 0. The summed E-state index contributed by atoms with van der Waals surface area (Å²) in [6.07, 6.45) is 1.63. The van der Waals surface area contributed by atoms with Crippen molar-refractivity contribution in [1.29, 1.82) is 0 Å². The van der Waals surface area contributed by atoms with Crippen LogP contribution in [-0.2, 0) is 9.59 Å². The minimum absolute atomic E-state index is 0.0360. The first-order chi connectivity index (χ1) is 15.4. The summed E-state index contributed by atoms with van der Waals surface area (Å²) in [5, 5.41) is 7.13. The third-order valence-electron chi connectivity index (χ3n) is 5.35. The van der Waals surface area contributed by atoms with Crippen molar-refractivity contribution in [3.63, 3.8) is 0 Å². The molecule has 0 atom stereocenters. The van der Waals surface area contributed by atoms with E-state index >= 15 is 0 Å². The number of amides is 2. The molecule has 0 bridgehead atoms. The number of carbonyl (C=O) groups is 2. The normalized spacial score (nSPS) is 15.6. The molecule has 2 amide bonds. The summed E-state index contributed by atoms with van der Waals surface area (Å²) < 4.78 is 0. The molecule has 5 rings (SSSR count). The van der Waals surface area contributed by atoms with Crippen LogP contribution in [0.5, 0.6) is 0 Å². The van der Waals surface area contributed by atoms with Crippen LogP contribution in [0.2, 0.25) is 10.0 Å². The van der Waals surface area contributed by atoms with Gasteiger partial charge in [0.15, 0.2) is 5.11 Å². The molecule has 32 heavy (non-hydrogen) atoms. The Kier molecular flexibility index (Phi) is 5.18. The predicted molar refractivity (Wildman–Crippen MR) is 134 cm³/mol. The number of fused-ring (bicyclic) bond motifs is 2. The molecule has 0 spiro atoms. The van der Waals surface area contributed by atoms with Crippen molar-refractivity contribution in [3.05, 3.63) is 94.0 Å². The lowest BCUT2D eigenvalue weighted by Gasteiger charge is -2.29. The number of rotatable bonds is 2. The Bertz CT molecular complexity index is 1440. The van der Waals surface area contributed by atoms with Gasteiger partial charge in [-0.05, 0) is 69.7 Å². The third kappa shape index (κ3) is 3.45. The Hall–Kier alpha value is -3.25. The Morgan fingerprint density at radius 3 is 2.09 bits per heavy atom. The molecule has 1 N–H and O–H groups in total. The number of hydrogen-bond donors (Lipinski definition) is 1. The highest BCUT2D eigenvalue weighted by molar-refractivity contribution is 7.80. The van der Waals surface area contributed by atoms with Crippen LogP contribution < -0.4 is 10.2 Å². The topological polar surface area (TPSA) is 49.4 Å². The van der Waals surface area contributed by atoms with Gasteiger partial charge in [-0.2, -0.15) is 0 Å². The maximum absolute atomic E-state index is 13.5. The lowest BCUT2D eigenvalue weighted by molar-refractivity contribution is -0.122. The van der Waals surface area contributed by atoms with Crippen molar-refractivity contribution in [1.82, 2.24) is 5.32 Å². The van der Waals surface area contributed by atoms with Gasteiger partial charge in [-0.1, -0.05) is 71.7 Å². The number of hydrogen-bond acceptors (Lipinski definition) is 3. The average molecular weight is 477 g/mol. The van der Waals surface area contributed by atoms with Crippen LogP contribution in [0.4, 0.5) is 5.69 Å². The van der Waals surface area contributed by atoms with E-state index < -0.39 is 11.8 Å². The second-order valence-electron chi connectivity index (χ2n) is 7.29. The van der Waals surface area contributed by atoms with E-state index in [2.05, 4.69) is 11.4 Å². The molecule has 0 saturated carbocycles. The van der Waals surface area contributed by atoms with Crippen molar-refractivity contribution in [2.45, 2.75) is 0 Å². The number of nitrogens with one attached hydrogen (secondary N) is 1. The fourth-order valence-corrected chi connectivity index (χ4v) is 4.65. The number of benzene rings is 4. The molecule has 156 valence electrons. The van der Waals surface area contributed by atoms with Crippen molar-refractivity contribution < 1.29 is 9.59 Å². The smallest absolute Gasteiger partial charge is 0.270 e. The van der Waals surface area contributed by atoms with E-state index in [9.17, 15) is 9.59 Å². The van der Waals surface area contributed by atoms with Crippen LogP contribution in [0.3, 0.4) is 0 Å². The van der Waals surface area contributed by atoms with E-state index in [4.69, 9.17) is 35.4 Å². The highest BCUT2D eigenvalue weighted by atomic mass is 35.5. The monoisotopic (exact) mass is 476 g/mol. The molecule has 1 saturated heterocycles. The first-order valence-electron chi connectivity index (χ1n) is 9.71. The van der Waals surface area contributed by atoms with Gasteiger partial charge < -0.3 is 0 Å². The molecule has 0 unspecified atom stereocenters. The molecule has 7 heteroatoms. The molecule has 0 aliphatic carbocycles. The standard InChI is InChI=1S/C25H14Cl2N2O2S/c26-16-9-10-22(21(27)12-16)29-24(31)20(23(30)28-25(29)32)13-19-17-7-3-1-5-14(17)11-15-6-2-4-8-18(15)19/h1-13H,(H,28,30,32)/b20-13+. The lowest BCUT2D eigenvalue weighted by Crippen LogP contribution is -2.54.